The first-order chi connectivity index (χ1) is 10.1. The highest BCUT2D eigenvalue weighted by atomic mass is 16.5. The van der Waals surface area contributed by atoms with E-state index in [1.54, 1.807) is 0 Å². The lowest BCUT2D eigenvalue weighted by Crippen LogP contribution is -2.53. The van der Waals surface area contributed by atoms with E-state index in [9.17, 15) is 5.11 Å². The molecule has 0 aliphatic heterocycles. The van der Waals surface area contributed by atoms with Crippen molar-refractivity contribution in [2.75, 3.05) is 13.2 Å². The smallest absolute Gasteiger partial charge is 0.122 e. The third-order valence-corrected chi connectivity index (χ3v) is 4.70. The van der Waals surface area contributed by atoms with Gasteiger partial charge in [-0.05, 0) is 63.3 Å². The molecule has 2 rings (SSSR count). The van der Waals surface area contributed by atoms with E-state index in [-0.39, 0.29) is 18.2 Å². The molecule has 1 aromatic carbocycles. The SMILES string of the molecule is CCCNC1(CO)CCCC(Oc2cccc(C)c2C)C1. The Labute approximate surface area is 128 Å². The number of aryl methyl sites for hydroxylation is 1. The summed E-state index contributed by atoms with van der Waals surface area (Å²) < 4.78 is 6.25. The molecule has 1 saturated carbocycles. The summed E-state index contributed by atoms with van der Waals surface area (Å²) in [5, 5.41) is 13.4. The molecule has 2 unspecified atom stereocenters. The number of rotatable bonds is 6. The maximum absolute atomic E-state index is 9.83. The van der Waals surface area contributed by atoms with E-state index in [1.807, 2.05) is 0 Å². The van der Waals surface area contributed by atoms with Gasteiger partial charge in [-0.15, -0.1) is 0 Å². The van der Waals surface area contributed by atoms with E-state index in [0.29, 0.717) is 0 Å². The summed E-state index contributed by atoms with van der Waals surface area (Å²) in [6, 6.07) is 6.22. The predicted molar refractivity (Wildman–Crippen MR) is 86.9 cm³/mol. The molecule has 1 aliphatic rings. The first-order valence-corrected chi connectivity index (χ1v) is 8.19. The number of nitrogens with one attached hydrogen (secondary N) is 1. The van der Waals surface area contributed by atoms with E-state index in [4.69, 9.17) is 4.74 Å². The summed E-state index contributed by atoms with van der Waals surface area (Å²) >= 11 is 0. The molecule has 1 aromatic rings. The third kappa shape index (κ3) is 3.98. The average molecular weight is 291 g/mol. The summed E-state index contributed by atoms with van der Waals surface area (Å²) in [4.78, 5) is 0. The van der Waals surface area contributed by atoms with Gasteiger partial charge in [0.05, 0.1) is 6.61 Å². The minimum absolute atomic E-state index is 0.156. The zero-order valence-electron chi connectivity index (χ0n) is 13.6. The van der Waals surface area contributed by atoms with E-state index in [2.05, 4.69) is 44.3 Å². The summed E-state index contributed by atoms with van der Waals surface area (Å²) in [6.45, 7) is 7.54. The van der Waals surface area contributed by atoms with Crippen molar-refractivity contribution >= 4 is 0 Å². The molecule has 0 spiro atoms. The molecule has 21 heavy (non-hydrogen) atoms. The Kier molecular flexibility index (Phi) is 5.65. The predicted octanol–water partition coefficient (Wildman–Crippen LogP) is 3.36. The van der Waals surface area contributed by atoms with Gasteiger partial charge < -0.3 is 15.2 Å². The van der Waals surface area contributed by atoms with Crippen molar-refractivity contribution in [3.05, 3.63) is 29.3 Å². The Morgan fingerprint density at radius 2 is 2.19 bits per heavy atom. The van der Waals surface area contributed by atoms with Crippen molar-refractivity contribution in [1.82, 2.24) is 5.32 Å². The number of benzene rings is 1. The summed E-state index contributed by atoms with van der Waals surface area (Å²) in [5.41, 5.74) is 2.33. The van der Waals surface area contributed by atoms with E-state index in [1.165, 1.54) is 11.1 Å². The van der Waals surface area contributed by atoms with Gasteiger partial charge in [0.25, 0.3) is 0 Å². The van der Waals surface area contributed by atoms with E-state index in [0.717, 1.165) is 44.4 Å². The molecule has 0 amide bonds. The Bertz CT molecular complexity index is 461. The molecule has 0 aromatic heterocycles. The zero-order chi connectivity index (χ0) is 15.3. The first-order valence-electron chi connectivity index (χ1n) is 8.19. The molecular weight excluding hydrogens is 262 g/mol. The largest absolute Gasteiger partial charge is 0.490 e. The molecule has 0 heterocycles. The van der Waals surface area contributed by atoms with Gasteiger partial charge in [-0.3, -0.25) is 0 Å². The van der Waals surface area contributed by atoms with Crippen LogP contribution in [0.1, 0.15) is 50.2 Å². The number of hydrogen-bond acceptors (Lipinski definition) is 3. The number of ether oxygens (including phenoxy) is 1. The van der Waals surface area contributed by atoms with E-state index < -0.39 is 0 Å². The fourth-order valence-corrected chi connectivity index (χ4v) is 3.19. The molecular formula is C18H29NO2. The first kappa shape index (κ1) is 16.3. The minimum atomic E-state index is -0.156. The number of aliphatic hydroxyl groups excluding tert-OH is 1. The van der Waals surface area contributed by atoms with Crippen molar-refractivity contribution in [3.63, 3.8) is 0 Å². The summed E-state index contributed by atoms with van der Waals surface area (Å²) in [5.74, 6) is 0.990. The molecule has 0 radical (unpaired) electrons. The lowest BCUT2D eigenvalue weighted by Gasteiger charge is -2.40. The lowest BCUT2D eigenvalue weighted by molar-refractivity contribution is 0.0507. The molecule has 1 fully saturated rings. The molecule has 3 heteroatoms. The van der Waals surface area contributed by atoms with Gasteiger partial charge in [-0.1, -0.05) is 19.1 Å². The highest BCUT2D eigenvalue weighted by Gasteiger charge is 2.36. The summed E-state index contributed by atoms with van der Waals surface area (Å²) in [6.07, 6.45) is 5.38. The van der Waals surface area contributed by atoms with Crippen LogP contribution in [0.15, 0.2) is 18.2 Å². The quantitative estimate of drug-likeness (QED) is 0.844. The van der Waals surface area contributed by atoms with Crippen LogP contribution < -0.4 is 10.1 Å². The average Bonchev–Trinajstić information content (AvgIpc) is 2.50. The van der Waals surface area contributed by atoms with Crippen molar-refractivity contribution in [2.45, 2.75) is 64.5 Å². The topological polar surface area (TPSA) is 41.5 Å². The second-order valence-electron chi connectivity index (χ2n) is 6.40. The molecule has 3 nitrogen and oxygen atoms in total. The highest BCUT2D eigenvalue weighted by molar-refractivity contribution is 5.38. The van der Waals surface area contributed by atoms with Crippen LogP contribution in [0.3, 0.4) is 0 Å². The van der Waals surface area contributed by atoms with Crippen molar-refractivity contribution in [3.8, 4) is 5.75 Å². The van der Waals surface area contributed by atoms with Gasteiger partial charge in [0.15, 0.2) is 0 Å². The van der Waals surface area contributed by atoms with Gasteiger partial charge >= 0.3 is 0 Å². The number of hydrogen-bond donors (Lipinski definition) is 2. The van der Waals surface area contributed by atoms with Crippen molar-refractivity contribution in [1.29, 1.82) is 0 Å². The van der Waals surface area contributed by atoms with Gasteiger partial charge in [0.1, 0.15) is 11.9 Å². The standard InChI is InChI=1S/C18H29NO2/c1-4-11-19-18(13-20)10-6-8-16(12-18)21-17-9-5-7-14(2)15(17)3/h5,7,9,16,19-20H,4,6,8,10-13H2,1-3H3. The van der Waals surface area contributed by atoms with Crippen LogP contribution in [0, 0.1) is 13.8 Å². The van der Waals surface area contributed by atoms with Crippen LogP contribution in [0.25, 0.3) is 0 Å². The lowest BCUT2D eigenvalue weighted by atomic mass is 9.80. The van der Waals surface area contributed by atoms with Crippen LogP contribution in [-0.2, 0) is 0 Å². The Morgan fingerprint density at radius 3 is 2.90 bits per heavy atom. The zero-order valence-corrected chi connectivity index (χ0v) is 13.6. The van der Waals surface area contributed by atoms with Gasteiger partial charge in [-0.25, -0.2) is 0 Å². The van der Waals surface area contributed by atoms with Crippen molar-refractivity contribution < 1.29 is 9.84 Å². The highest BCUT2D eigenvalue weighted by Crippen LogP contribution is 2.32. The Hall–Kier alpha value is -1.06. The Morgan fingerprint density at radius 1 is 1.38 bits per heavy atom. The molecule has 0 saturated heterocycles. The van der Waals surface area contributed by atoms with Crippen LogP contribution in [-0.4, -0.2) is 29.9 Å². The molecule has 118 valence electrons. The number of aliphatic hydroxyl groups is 1. The van der Waals surface area contributed by atoms with Crippen molar-refractivity contribution in [2.24, 2.45) is 0 Å². The van der Waals surface area contributed by atoms with Crippen LogP contribution in [0.5, 0.6) is 5.75 Å². The van der Waals surface area contributed by atoms with Crippen LogP contribution in [0.4, 0.5) is 0 Å². The second kappa shape index (κ2) is 7.28. The van der Waals surface area contributed by atoms with E-state index >= 15 is 0 Å². The monoisotopic (exact) mass is 291 g/mol. The normalized spacial score (nSPS) is 25.8. The second-order valence-corrected chi connectivity index (χ2v) is 6.40. The third-order valence-electron chi connectivity index (χ3n) is 4.70. The minimum Gasteiger partial charge on any atom is -0.490 e. The molecule has 1 aliphatic carbocycles. The maximum atomic E-state index is 9.83. The summed E-state index contributed by atoms with van der Waals surface area (Å²) in [7, 11) is 0. The van der Waals surface area contributed by atoms with Crippen LogP contribution in [0.2, 0.25) is 0 Å². The fraction of sp³-hybridized carbons (Fsp3) is 0.667. The van der Waals surface area contributed by atoms with Crippen LogP contribution >= 0.6 is 0 Å². The maximum Gasteiger partial charge on any atom is 0.122 e. The van der Waals surface area contributed by atoms with Gasteiger partial charge in [-0.2, -0.15) is 0 Å². The fourth-order valence-electron chi connectivity index (χ4n) is 3.19. The molecule has 0 bridgehead atoms. The van der Waals surface area contributed by atoms with Gasteiger partial charge in [0, 0.05) is 12.0 Å². The molecule has 2 N–H and O–H groups in total. The Balaban J connectivity index is 2.05. The van der Waals surface area contributed by atoms with Gasteiger partial charge in [0.2, 0.25) is 0 Å². The molecule has 2 atom stereocenters.